The first-order valence-corrected chi connectivity index (χ1v) is 11.8. The number of aromatic nitrogens is 1. The van der Waals surface area contributed by atoms with E-state index < -0.39 is 38.0 Å². The summed E-state index contributed by atoms with van der Waals surface area (Å²) < 4.78 is 61.5. The van der Waals surface area contributed by atoms with Crippen molar-refractivity contribution in [3.05, 3.63) is 40.9 Å². The van der Waals surface area contributed by atoms with E-state index in [-0.39, 0.29) is 16.7 Å². The van der Waals surface area contributed by atoms with Crippen LogP contribution in [0.1, 0.15) is 54.1 Å². The third-order valence-electron chi connectivity index (χ3n) is 5.21. The number of carbonyl (C=O) groups is 2. The van der Waals surface area contributed by atoms with E-state index in [2.05, 4.69) is 10.3 Å². The summed E-state index contributed by atoms with van der Waals surface area (Å²) in [7, 11) is -5.48. The predicted octanol–water partition coefficient (Wildman–Crippen LogP) is 4.44. The molecular formula is C19H19F3N2O5S2. The van der Waals surface area contributed by atoms with Gasteiger partial charge in [0.15, 0.2) is 10.8 Å². The van der Waals surface area contributed by atoms with Gasteiger partial charge in [0.1, 0.15) is 0 Å². The third kappa shape index (κ3) is 5.24. The van der Waals surface area contributed by atoms with Crippen LogP contribution in [-0.4, -0.2) is 35.9 Å². The zero-order valence-corrected chi connectivity index (χ0v) is 17.7. The summed E-state index contributed by atoms with van der Waals surface area (Å²) >= 11 is 0.942. The number of benzene rings is 1. The normalized spacial score (nSPS) is 16.2. The number of rotatable bonds is 7. The number of carboxylic acid groups (broad SMARTS) is 1. The molecule has 1 fully saturated rings. The van der Waals surface area contributed by atoms with Crippen LogP contribution in [0, 0.1) is 5.92 Å². The largest absolute Gasteiger partial charge is 0.501 e. The highest BCUT2D eigenvalue weighted by atomic mass is 32.2. The van der Waals surface area contributed by atoms with Crippen LogP contribution in [0.5, 0.6) is 0 Å². The zero-order valence-electron chi connectivity index (χ0n) is 16.1. The van der Waals surface area contributed by atoms with Gasteiger partial charge in [-0.3, -0.25) is 4.79 Å². The van der Waals surface area contributed by atoms with Crippen LogP contribution in [0.15, 0.2) is 34.5 Å². The van der Waals surface area contributed by atoms with Crippen molar-refractivity contribution in [3.63, 3.8) is 0 Å². The topological polar surface area (TPSA) is 113 Å². The van der Waals surface area contributed by atoms with E-state index in [0.717, 1.165) is 49.2 Å². The number of nitrogens with zero attached hydrogens (tertiary/aromatic N) is 1. The predicted molar refractivity (Wildman–Crippen MR) is 107 cm³/mol. The fraction of sp³-hybridized carbons (Fsp3) is 0.421. The molecule has 3 rings (SSSR count). The maximum absolute atomic E-state index is 12.9. The number of alkyl halides is 3. The Hall–Kier alpha value is -2.47. The second-order valence-electron chi connectivity index (χ2n) is 7.29. The molecule has 0 saturated heterocycles. The molecule has 7 nitrogen and oxygen atoms in total. The molecule has 1 atom stereocenters. The van der Waals surface area contributed by atoms with Gasteiger partial charge >= 0.3 is 11.5 Å². The number of anilines is 1. The number of carbonyl (C=O) groups excluding carboxylic acids is 1. The van der Waals surface area contributed by atoms with E-state index in [1.54, 1.807) is 0 Å². The molecule has 2 aromatic rings. The van der Waals surface area contributed by atoms with Crippen LogP contribution in [0.4, 0.5) is 18.3 Å². The zero-order chi connectivity index (χ0) is 22.8. The van der Waals surface area contributed by atoms with Gasteiger partial charge in [0.25, 0.3) is 9.84 Å². The van der Waals surface area contributed by atoms with E-state index in [1.165, 1.54) is 17.5 Å². The first kappa shape index (κ1) is 23.2. The van der Waals surface area contributed by atoms with Crippen LogP contribution < -0.4 is 5.32 Å². The summed E-state index contributed by atoms with van der Waals surface area (Å²) in [5.74, 6) is -2.21. The van der Waals surface area contributed by atoms with Gasteiger partial charge in [-0.2, -0.15) is 13.2 Å². The molecule has 1 aliphatic carbocycles. The fourth-order valence-corrected chi connectivity index (χ4v) is 5.06. The number of hydrogen-bond acceptors (Lipinski definition) is 6. The second kappa shape index (κ2) is 8.95. The van der Waals surface area contributed by atoms with Crippen molar-refractivity contribution in [2.75, 3.05) is 5.32 Å². The Labute approximate surface area is 180 Å². The SMILES string of the molecule is O=C(O)c1csc(NC(=O)C(CC2CCCC2)c2ccc(S(=O)(=O)C(F)(F)F)cc2)n1. The molecule has 1 aromatic heterocycles. The molecule has 1 heterocycles. The molecule has 2 N–H and O–H groups in total. The van der Waals surface area contributed by atoms with Crippen LogP contribution in [0.25, 0.3) is 0 Å². The van der Waals surface area contributed by atoms with E-state index in [4.69, 9.17) is 5.11 Å². The number of sulfone groups is 1. The highest BCUT2D eigenvalue weighted by molar-refractivity contribution is 7.92. The van der Waals surface area contributed by atoms with Gasteiger partial charge in [-0.05, 0) is 30.0 Å². The fourth-order valence-electron chi connectivity index (χ4n) is 3.61. The lowest BCUT2D eigenvalue weighted by Crippen LogP contribution is -2.24. The number of halogens is 3. The van der Waals surface area contributed by atoms with Gasteiger partial charge in [-0.1, -0.05) is 37.8 Å². The Balaban J connectivity index is 1.85. The molecule has 12 heteroatoms. The molecule has 31 heavy (non-hydrogen) atoms. The molecule has 0 radical (unpaired) electrons. The summed E-state index contributed by atoms with van der Waals surface area (Å²) in [5, 5.41) is 12.9. The van der Waals surface area contributed by atoms with Gasteiger partial charge in [0.2, 0.25) is 5.91 Å². The lowest BCUT2D eigenvalue weighted by Gasteiger charge is -2.20. The lowest BCUT2D eigenvalue weighted by molar-refractivity contribution is -0.118. The average molecular weight is 476 g/mol. The monoisotopic (exact) mass is 476 g/mol. The van der Waals surface area contributed by atoms with Crippen molar-refractivity contribution < 1.29 is 36.3 Å². The molecular weight excluding hydrogens is 457 g/mol. The first-order chi connectivity index (χ1) is 14.5. The van der Waals surface area contributed by atoms with Gasteiger partial charge in [-0.25, -0.2) is 18.2 Å². The van der Waals surface area contributed by atoms with Gasteiger partial charge in [0, 0.05) is 5.38 Å². The van der Waals surface area contributed by atoms with Gasteiger partial charge in [-0.15, -0.1) is 11.3 Å². The first-order valence-electron chi connectivity index (χ1n) is 9.40. The molecule has 1 aliphatic rings. The number of amides is 1. The Bertz CT molecular complexity index is 1060. The standard InChI is InChI=1S/C19H19F3N2O5S2/c20-19(21,22)31(28,29)13-7-5-12(6-8-13)14(9-11-3-1-2-4-11)16(25)24-18-23-15(10-30-18)17(26)27/h5-8,10-11,14H,1-4,9H2,(H,26,27)(H,23,24,25). The van der Waals surface area contributed by atoms with Crippen LogP contribution in [0.3, 0.4) is 0 Å². The maximum atomic E-state index is 12.9. The van der Waals surface area contributed by atoms with Crippen LogP contribution in [-0.2, 0) is 14.6 Å². The Kier molecular flexibility index (Phi) is 6.70. The van der Waals surface area contributed by atoms with Gasteiger partial charge < -0.3 is 10.4 Å². The number of aromatic carboxylic acids is 1. The molecule has 0 spiro atoms. The Morgan fingerprint density at radius 2 is 1.81 bits per heavy atom. The van der Waals surface area contributed by atoms with Crippen LogP contribution >= 0.6 is 11.3 Å². The highest BCUT2D eigenvalue weighted by Crippen LogP contribution is 2.36. The molecule has 1 aromatic carbocycles. The maximum Gasteiger partial charge on any atom is 0.501 e. The number of carboxylic acids is 1. The minimum atomic E-state index is -5.48. The number of nitrogens with one attached hydrogen (secondary N) is 1. The van der Waals surface area contributed by atoms with E-state index >= 15 is 0 Å². The molecule has 1 saturated carbocycles. The Morgan fingerprint density at radius 3 is 2.32 bits per heavy atom. The molecule has 1 unspecified atom stereocenters. The number of hydrogen-bond donors (Lipinski definition) is 2. The van der Waals surface area contributed by atoms with E-state index in [1.807, 2.05) is 0 Å². The average Bonchev–Trinajstić information content (AvgIpc) is 3.37. The van der Waals surface area contributed by atoms with Gasteiger partial charge in [0.05, 0.1) is 10.8 Å². The summed E-state index contributed by atoms with van der Waals surface area (Å²) in [6.07, 6.45) is 4.33. The third-order valence-corrected chi connectivity index (χ3v) is 7.47. The van der Waals surface area contributed by atoms with Crippen molar-refractivity contribution in [2.24, 2.45) is 5.92 Å². The smallest absolute Gasteiger partial charge is 0.476 e. The molecule has 0 aliphatic heterocycles. The van der Waals surface area contributed by atoms with Crippen molar-refractivity contribution >= 4 is 38.2 Å². The molecule has 1 amide bonds. The summed E-state index contributed by atoms with van der Waals surface area (Å²) in [6, 6.07) is 4.11. The van der Waals surface area contributed by atoms with Crippen LogP contribution in [0.2, 0.25) is 0 Å². The van der Waals surface area contributed by atoms with Crippen molar-refractivity contribution in [1.82, 2.24) is 4.98 Å². The summed E-state index contributed by atoms with van der Waals surface area (Å²) in [6.45, 7) is 0. The molecule has 168 valence electrons. The van der Waals surface area contributed by atoms with Crippen molar-refractivity contribution in [1.29, 1.82) is 0 Å². The highest BCUT2D eigenvalue weighted by Gasteiger charge is 2.46. The number of thiazole rings is 1. The van der Waals surface area contributed by atoms with Crippen molar-refractivity contribution in [3.8, 4) is 0 Å². The van der Waals surface area contributed by atoms with E-state index in [0.29, 0.717) is 12.0 Å². The Morgan fingerprint density at radius 1 is 1.19 bits per heavy atom. The lowest BCUT2D eigenvalue weighted by atomic mass is 9.87. The van der Waals surface area contributed by atoms with E-state index in [9.17, 15) is 31.2 Å². The van der Waals surface area contributed by atoms with Crippen molar-refractivity contribution in [2.45, 2.75) is 48.4 Å². The minimum absolute atomic E-state index is 0.0927. The summed E-state index contributed by atoms with van der Waals surface area (Å²) in [5.41, 5.74) is -5.25. The minimum Gasteiger partial charge on any atom is -0.476 e. The molecule has 0 bridgehead atoms. The second-order valence-corrected chi connectivity index (χ2v) is 10.1. The quantitative estimate of drug-likeness (QED) is 0.611. The summed E-state index contributed by atoms with van der Waals surface area (Å²) in [4.78, 5) is 26.8.